The van der Waals surface area contributed by atoms with E-state index in [2.05, 4.69) is 25.0 Å². The van der Waals surface area contributed by atoms with Crippen molar-refractivity contribution in [2.24, 2.45) is 0 Å². The lowest BCUT2D eigenvalue weighted by atomic mass is 10.4. The van der Waals surface area contributed by atoms with Gasteiger partial charge in [-0.25, -0.2) is 28.1 Å². The summed E-state index contributed by atoms with van der Waals surface area (Å²) in [5.41, 5.74) is 1.96. The normalized spacial score (nSPS) is 11.6. The third kappa shape index (κ3) is 4.73. The van der Waals surface area contributed by atoms with E-state index in [1.807, 2.05) is 25.3 Å². The van der Waals surface area contributed by atoms with Gasteiger partial charge in [0.1, 0.15) is 24.3 Å². The summed E-state index contributed by atoms with van der Waals surface area (Å²) in [5.74, 6) is 1.49. The van der Waals surface area contributed by atoms with Crippen molar-refractivity contribution in [1.29, 1.82) is 0 Å². The molecule has 2 N–H and O–H groups in total. The van der Waals surface area contributed by atoms with E-state index < -0.39 is 10.0 Å². The Labute approximate surface area is 136 Å². The molecule has 0 bridgehead atoms. The highest BCUT2D eigenvalue weighted by atomic mass is 32.2. The van der Waals surface area contributed by atoms with Crippen molar-refractivity contribution < 1.29 is 8.42 Å². The van der Waals surface area contributed by atoms with Gasteiger partial charge in [0.2, 0.25) is 10.0 Å². The first kappa shape index (κ1) is 17.4. The molecule has 2 heterocycles. The van der Waals surface area contributed by atoms with Crippen LogP contribution in [-0.4, -0.2) is 46.8 Å². The lowest BCUT2D eigenvalue weighted by Crippen LogP contribution is -2.30. The first-order valence-electron chi connectivity index (χ1n) is 7.47. The first-order chi connectivity index (χ1) is 10.9. The lowest BCUT2D eigenvalue weighted by Gasteiger charge is -2.09. The van der Waals surface area contributed by atoms with Crippen LogP contribution in [0.5, 0.6) is 0 Å². The molecule has 0 amide bonds. The Morgan fingerprint density at radius 1 is 1.17 bits per heavy atom. The van der Waals surface area contributed by atoms with Crippen LogP contribution in [0.2, 0.25) is 0 Å². The molecule has 126 valence electrons. The highest BCUT2D eigenvalue weighted by Crippen LogP contribution is 2.13. The van der Waals surface area contributed by atoms with E-state index in [-0.39, 0.29) is 5.75 Å². The molecule has 23 heavy (non-hydrogen) atoms. The van der Waals surface area contributed by atoms with Crippen LogP contribution in [0.4, 0.5) is 5.82 Å². The number of nitrogens with zero attached hydrogens (tertiary/aromatic N) is 4. The van der Waals surface area contributed by atoms with E-state index in [0.29, 0.717) is 31.1 Å². The summed E-state index contributed by atoms with van der Waals surface area (Å²) in [4.78, 5) is 12.6. The summed E-state index contributed by atoms with van der Waals surface area (Å²) in [6.07, 6.45) is 3.78. The zero-order chi connectivity index (χ0) is 16.9. The fraction of sp³-hybridized carbons (Fsp3) is 0.500. The number of sulfonamides is 1. The fourth-order valence-corrected chi connectivity index (χ4v) is 3.14. The van der Waals surface area contributed by atoms with Crippen LogP contribution in [0.25, 0.3) is 5.82 Å². The third-order valence-electron chi connectivity index (χ3n) is 3.38. The highest BCUT2D eigenvalue weighted by Gasteiger charge is 2.08. The molecule has 0 aromatic carbocycles. The average Bonchev–Trinajstić information content (AvgIpc) is 2.84. The smallest absolute Gasteiger partial charge is 0.211 e. The van der Waals surface area contributed by atoms with Crippen molar-refractivity contribution >= 4 is 15.8 Å². The molecule has 2 aromatic rings. The van der Waals surface area contributed by atoms with Crippen LogP contribution in [0.3, 0.4) is 0 Å². The van der Waals surface area contributed by atoms with Gasteiger partial charge in [-0.3, -0.25) is 4.57 Å². The molecular weight excluding hydrogens is 316 g/mol. The van der Waals surface area contributed by atoms with Crippen molar-refractivity contribution in [1.82, 2.24) is 24.2 Å². The zero-order valence-electron chi connectivity index (χ0n) is 13.6. The van der Waals surface area contributed by atoms with E-state index in [0.717, 1.165) is 11.4 Å². The maximum absolute atomic E-state index is 11.5. The largest absolute Gasteiger partial charge is 0.369 e. The third-order valence-corrected chi connectivity index (χ3v) is 4.97. The van der Waals surface area contributed by atoms with Gasteiger partial charge in [0.25, 0.3) is 0 Å². The summed E-state index contributed by atoms with van der Waals surface area (Å²) >= 11 is 0. The minimum atomic E-state index is -3.18. The van der Waals surface area contributed by atoms with Gasteiger partial charge in [0.05, 0.1) is 11.4 Å². The van der Waals surface area contributed by atoms with Crippen LogP contribution >= 0.6 is 0 Å². The molecule has 0 atom stereocenters. The second-order valence-corrected chi connectivity index (χ2v) is 7.11. The van der Waals surface area contributed by atoms with Crippen LogP contribution in [-0.2, 0) is 10.0 Å². The SMILES string of the molecule is CCCS(=O)(=O)NCCNc1cc(-n2cnc(C)c2C)ncn1. The van der Waals surface area contributed by atoms with E-state index >= 15 is 0 Å². The maximum atomic E-state index is 11.5. The number of anilines is 1. The van der Waals surface area contributed by atoms with Gasteiger partial charge in [-0.15, -0.1) is 0 Å². The summed E-state index contributed by atoms with van der Waals surface area (Å²) in [6.45, 7) is 6.50. The van der Waals surface area contributed by atoms with Gasteiger partial charge < -0.3 is 5.32 Å². The van der Waals surface area contributed by atoms with Crippen molar-refractivity contribution in [3.8, 4) is 5.82 Å². The fourth-order valence-electron chi connectivity index (χ4n) is 2.04. The Morgan fingerprint density at radius 2 is 1.96 bits per heavy atom. The van der Waals surface area contributed by atoms with Gasteiger partial charge >= 0.3 is 0 Å². The number of aryl methyl sites for hydroxylation is 1. The minimum absolute atomic E-state index is 0.143. The van der Waals surface area contributed by atoms with E-state index in [1.165, 1.54) is 6.33 Å². The molecule has 0 unspecified atom stereocenters. The standard InChI is InChI=1S/C14H22N6O2S/c1-4-7-23(21,22)19-6-5-15-13-8-14(17-9-16-13)20-10-18-11(2)12(20)3/h8-10,19H,4-7H2,1-3H3,(H,15,16,17). The molecule has 0 saturated carbocycles. The zero-order valence-corrected chi connectivity index (χ0v) is 14.4. The van der Waals surface area contributed by atoms with Crippen LogP contribution in [0.1, 0.15) is 24.7 Å². The summed E-state index contributed by atoms with van der Waals surface area (Å²) in [6, 6.07) is 1.80. The van der Waals surface area contributed by atoms with Crippen LogP contribution in [0.15, 0.2) is 18.7 Å². The molecule has 0 radical (unpaired) electrons. The Morgan fingerprint density at radius 3 is 2.61 bits per heavy atom. The number of hydrogen-bond donors (Lipinski definition) is 2. The molecule has 2 rings (SSSR count). The maximum Gasteiger partial charge on any atom is 0.211 e. The molecule has 0 aliphatic carbocycles. The predicted octanol–water partition coefficient (Wildman–Crippen LogP) is 1.02. The number of hydrogen-bond acceptors (Lipinski definition) is 6. The van der Waals surface area contributed by atoms with Gasteiger partial charge in [-0.2, -0.15) is 0 Å². The summed E-state index contributed by atoms with van der Waals surface area (Å²) in [5, 5.41) is 3.08. The molecular formula is C14H22N6O2S. The summed E-state index contributed by atoms with van der Waals surface area (Å²) < 4.78 is 27.5. The Balaban J connectivity index is 1.95. The van der Waals surface area contributed by atoms with E-state index in [4.69, 9.17) is 0 Å². The molecule has 0 spiro atoms. The van der Waals surface area contributed by atoms with E-state index in [9.17, 15) is 8.42 Å². The van der Waals surface area contributed by atoms with Crippen molar-refractivity contribution in [3.63, 3.8) is 0 Å². The molecule has 2 aromatic heterocycles. The van der Waals surface area contributed by atoms with Crippen molar-refractivity contribution in [3.05, 3.63) is 30.1 Å². The quantitative estimate of drug-likeness (QED) is 0.697. The highest BCUT2D eigenvalue weighted by molar-refractivity contribution is 7.89. The molecule has 0 fully saturated rings. The molecule has 8 nitrogen and oxygen atoms in total. The molecule has 0 aliphatic rings. The number of nitrogens with one attached hydrogen (secondary N) is 2. The molecule has 0 aliphatic heterocycles. The molecule has 0 saturated heterocycles. The Bertz CT molecular complexity index is 756. The average molecular weight is 338 g/mol. The first-order valence-corrected chi connectivity index (χ1v) is 9.12. The van der Waals surface area contributed by atoms with Crippen molar-refractivity contribution in [2.45, 2.75) is 27.2 Å². The van der Waals surface area contributed by atoms with Crippen LogP contribution < -0.4 is 10.0 Å². The number of aromatic nitrogens is 4. The van der Waals surface area contributed by atoms with Gasteiger partial charge in [-0.1, -0.05) is 6.92 Å². The molecule has 9 heteroatoms. The number of imidazole rings is 1. The second kappa shape index (κ2) is 7.51. The van der Waals surface area contributed by atoms with Gasteiger partial charge in [-0.05, 0) is 20.3 Å². The topological polar surface area (TPSA) is 102 Å². The van der Waals surface area contributed by atoms with Gasteiger partial charge in [0.15, 0.2) is 0 Å². The summed E-state index contributed by atoms with van der Waals surface area (Å²) in [7, 11) is -3.18. The Kier molecular flexibility index (Phi) is 5.67. The monoisotopic (exact) mass is 338 g/mol. The predicted molar refractivity (Wildman–Crippen MR) is 89.2 cm³/mol. The van der Waals surface area contributed by atoms with E-state index in [1.54, 1.807) is 12.4 Å². The second-order valence-electron chi connectivity index (χ2n) is 5.19. The van der Waals surface area contributed by atoms with Crippen LogP contribution in [0, 0.1) is 13.8 Å². The number of rotatable bonds is 8. The Hall–Kier alpha value is -2.00. The minimum Gasteiger partial charge on any atom is -0.369 e. The lowest BCUT2D eigenvalue weighted by molar-refractivity contribution is 0.581. The van der Waals surface area contributed by atoms with Gasteiger partial charge in [0, 0.05) is 24.8 Å². The van der Waals surface area contributed by atoms with Crippen molar-refractivity contribution in [2.75, 3.05) is 24.2 Å².